The SMILES string of the molecule is CC(C)Cn1c2c(cc(C(N)=S)c1=O)CCC2. The van der Waals surface area contributed by atoms with E-state index in [1.807, 2.05) is 10.6 Å². The van der Waals surface area contributed by atoms with E-state index in [1.54, 1.807) is 0 Å². The maximum atomic E-state index is 12.3. The molecule has 0 unspecified atom stereocenters. The van der Waals surface area contributed by atoms with Crippen LogP contribution >= 0.6 is 12.2 Å². The summed E-state index contributed by atoms with van der Waals surface area (Å²) < 4.78 is 1.88. The average molecular weight is 250 g/mol. The molecule has 0 bridgehead atoms. The zero-order valence-electron chi connectivity index (χ0n) is 10.3. The van der Waals surface area contributed by atoms with Crippen molar-refractivity contribution in [3.8, 4) is 0 Å². The van der Waals surface area contributed by atoms with E-state index >= 15 is 0 Å². The van der Waals surface area contributed by atoms with Gasteiger partial charge in [0, 0.05) is 12.2 Å². The first-order valence-electron chi connectivity index (χ1n) is 6.06. The third kappa shape index (κ3) is 2.27. The van der Waals surface area contributed by atoms with Gasteiger partial charge in [-0.2, -0.15) is 0 Å². The predicted molar refractivity (Wildman–Crippen MR) is 73.5 cm³/mol. The monoisotopic (exact) mass is 250 g/mol. The summed E-state index contributed by atoms with van der Waals surface area (Å²) in [6.45, 7) is 4.97. The molecule has 0 radical (unpaired) electrons. The molecule has 0 saturated heterocycles. The predicted octanol–water partition coefficient (Wildman–Crippen LogP) is 1.63. The van der Waals surface area contributed by atoms with Gasteiger partial charge in [0.2, 0.25) is 0 Å². The molecule has 0 aromatic carbocycles. The Balaban J connectivity index is 2.62. The molecule has 0 saturated carbocycles. The van der Waals surface area contributed by atoms with Crippen LogP contribution in [-0.4, -0.2) is 9.56 Å². The van der Waals surface area contributed by atoms with Crippen molar-refractivity contribution in [3.63, 3.8) is 0 Å². The normalized spacial score (nSPS) is 14.1. The summed E-state index contributed by atoms with van der Waals surface area (Å²) in [7, 11) is 0. The van der Waals surface area contributed by atoms with Crippen LogP contribution in [0.4, 0.5) is 0 Å². The molecular formula is C13H18N2OS. The molecule has 0 spiro atoms. The Bertz CT molecular complexity index is 517. The minimum atomic E-state index is -0.0214. The van der Waals surface area contributed by atoms with Gasteiger partial charge in [-0.3, -0.25) is 4.79 Å². The van der Waals surface area contributed by atoms with Gasteiger partial charge in [0.05, 0.1) is 5.56 Å². The van der Waals surface area contributed by atoms with Gasteiger partial charge >= 0.3 is 0 Å². The molecule has 1 aromatic heterocycles. The molecule has 0 amide bonds. The van der Waals surface area contributed by atoms with Crippen LogP contribution in [0.15, 0.2) is 10.9 Å². The fourth-order valence-electron chi connectivity index (χ4n) is 2.45. The van der Waals surface area contributed by atoms with E-state index in [9.17, 15) is 4.79 Å². The molecule has 92 valence electrons. The molecular weight excluding hydrogens is 232 g/mol. The van der Waals surface area contributed by atoms with Gasteiger partial charge < -0.3 is 10.3 Å². The summed E-state index contributed by atoms with van der Waals surface area (Å²) in [5, 5.41) is 0. The first-order valence-corrected chi connectivity index (χ1v) is 6.47. The molecule has 1 aliphatic rings. The van der Waals surface area contributed by atoms with Crippen molar-refractivity contribution in [3.05, 3.63) is 33.2 Å². The lowest BCUT2D eigenvalue weighted by Gasteiger charge is -2.16. The molecule has 0 fully saturated rings. The summed E-state index contributed by atoms with van der Waals surface area (Å²) in [5.74, 6) is 0.444. The van der Waals surface area contributed by atoms with Gasteiger partial charge in [-0.1, -0.05) is 26.1 Å². The number of rotatable bonds is 3. The molecule has 0 atom stereocenters. The van der Waals surface area contributed by atoms with E-state index in [1.165, 1.54) is 11.3 Å². The highest BCUT2D eigenvalue weighted by atomic mass is 32.1. The summed E-state index contributed by atoms with van der Waals surface area (Å²) in [5.41, 5.74) is 8.53. The average Bonchev–Trinajstić information content (AvgIpc) is 2.68. The van der Waals surface area contributed by atoms with Gasteiger partial charge in [-0.05, 0) is 36.8 Å². The standard InChI is InChI=1S/C13H18N2OS/c1-8(2)7-15-11-5-3-4-9(11)6-10(12(14)17)13(15)16/h6,8H,3-5,7H2,1-2H3,(H2,14,17). The Morgan fingerprint density at radius 2 is 2.24 bits per heavy atom. The third-order valence-corrected chi connectivity index (χ3v) is 3.38. The number of aromatic nitrogens is 1. The van der Waals surface area contributed by atoms with Crippen LogP contribution in [0.5, 0.6) is 0 Å². The minimum absolute atomic E-state index is 0.0214. The minimum Gasteiger partial charge on any atom is -0.389 e. The van der Waals surface area contributed by atoms with Gasteiger partial charge in [0.15, 0.2) is 0 Å². The number of hydrogen-bond donors (Lipinski definition) is 1. The van der Waals surface area contributed by atoms with Crippen molar-refractivity contribution >= 4 is 17.2 Å². The molecule has 2 rings (SSSR count). The Kier molecular flexibility index (Phi) is 3.33. The fourth-order valence-corrected chi connectivity index (χ4v) is 2.60. The molecule has 4 heteroatoms. The zero-order chi connectivity index (χ0) is 12.6. The van der Waals surface area contributed by atoms with Crippen LogP contribution in [0.2, 0.25) is 0 Å². The van der Waals surface area contributed by atoms with Crippen molar-refractivity contribution in [1.29, 1.82) is 0 Å². The number of nitrogens with zero attached hydrogens (tertiary/aromatic N) is 1. The van der Waals surface area contributed by atoms with Crippen molar-refractivity contribution in [2.45, 2.75) is 39.7 Å². The second kappa shape index (κ2) is 4.61. The molecule has 1 heterocycles. The topological polar surface area (TPSA) is 48.0 Å². The van der Waals surface area contributed by atoms with E-state index in [2.05, 4.69) is 13.8 Å². The zero-order valence-corrected chi connectivity index (χ0v) is 11.1. The molecule has 2 N–H and O–H groups in total. The van der Waals surface area contributed by atoms with Gasteiger partial charge in [0.1, 0.15) is 4.99 Å². The first-order chi connectivity index (χ1) is 8.00. The van der Waals surface area contributed by atoms with Crippen molar-refractivity contribution in [1.82, 2.24) is 4.57 Å². The summed E-state index contributed by atoms with van der Waals surface area (Å²) in [4.78, 5) is 12.5. The van der Waals surface area contributed by atoms with E-state index in [4.69, 9.17) is 18.0 Å². The number of thiocarbonyl (C=S) groups is 1. The molecule has 1 aromatic rings. The Morgan fingerprint density at radius 3 is 2.82 bits per heavy atom. The number of pyridine rings is 1. The number of aryl methyl sites for hydroxylation is 1. The third-order valence-electron chi connectivity index (χ3n) is 3.16. The van der Waals surface area contributed by atoms with E-state index in [-0.39, 0.29) is 10.5 Å². The Labute approximate surface area is 107 Å². The highest BCUT2D eigenvalue weighted by Gasteiger charge is 2.20. The lowest BCUT2D eigenvalue weighted by atomic mass is 10.1. The second-order valence-corrected chi connectivity index (χ2v) is 5.50. The van der Waals surface area contributed by atoms with Crippen molar-refractivity contribution in [2.24, 2.45) is 11.7 Å². The highest BCUT2D eigenvalue weighted by molar-refractivity contribution is 7.80. The van der Waals surface area contributed by atoms with Crippen LogP contribution in [0, 0.1) is 5.92 Å². The summed E-state index contributed by atoms with van der Waals surface area (Å²) in [6, 6.07) is 1.89. The Hall–Kier alpha value is -1.16. The fraction of sp³-hybridized carbons (Fsp3) is 0.538. The Morgan fingerprint density at radius 1 is 1.53 bits per heavy atom. The largest absolute Gasteiger partial charge is 0.389 e. The molecule has 17 heavy (non-hydrogen) atoms. The van der Waals surface area contributed by atoms with Crippen molar-refractivity contribution < 1.29 is 0 Å². The smallest absolute Gasteiger partial charge is 0.261 e. The highest BCUT2D eigenvalue weighted by Crippen LogP contribution is 2.22. The first kappa shape index (κ1) is 12.3. The lowest BCUT2D eigenvalue weighted by Crippen LogP contribution is -2.32. The van der Waals surface area contributed by atoms with Gasteiger partial charge in [-0.15, -0.1) is 0 Å². The van der Waals surface area contributed by atoms with Crippen LogP contribution in [0.25, 0.3) is 0 Å². The number of nitrogens with two attached hydrogens (primary N) is 1. The van der Waals surface area contributed by atoms with Gasteiger partial charge in [0.25, 0.3) is 5.56 Å². The van der Waals surface area contributed by atoms with Crippen molar-refractivity contribution in [2.75, 3.05) is 0 Å². The summed E-state index contributed by atoms with van der Waals surface area (Å²) >= 11 is 4.96. The van der Waals surface area contributed by atoms with Crippen LogP contribution in [0.3, 0.4) is 0 Å². The maximum absolute atomic E-state index is 12.3. The maximum Gasteiger partial charge on any atom is 0.261 e. The van der Waals surface area contributed by atoms with Gasteiger partial charge in [-0.25, -0.2) is 0 Å². The second-order valence-electron chi connectivity index (χ2n) is 5.06. The van der Waals surface area contributed by atoms with E-state index in [0.29, 0.717) is 11.5 Å². The van der Waals surface area contributed by atoms with E-state index in [0.717, 1.165) is 25.8 Å². The summed E-state index contributed by atoms with van der Waals surface area (Å²) in [6.07, 6.45) is 3.14. The molecule has 0 aliphatic heterocycles. The van der Waals surface area contributed by atoms with E-state index < -0.39 is 0 Å². The number of fused-ring (bicyclic) bond motifs is 1. The molecule has 1 aliphatic carbocycles. The lowest BCUT2D eigenvalue weighted by molar-refractivity contribution is 0.497. The van der Waals surface area contributed by atoms with Crippen LogP contribution in [0.1, 0.15) is 37.1 Å². The number of hydrogen-bond acceptors (Lipinski definition) is 2. The van der Waals surface area contributed by atoms with Crippen LogP contribution < -0.4 is 11.3 Å². The molecule has 3 nitrogen and oxygen atoms in total. The van der Waals surface area contributed by atoms with Crippen LogP contribution in [-0.2, 0) is 19.4 Å². The quantitative estimate of drug-likeness (QED) is 0.829.